The molecule has 0 heterocycles. The van der Waals surface area contributed by atoms with Crippen LogP contribution in [0.25, 0.3) is 11.1 Å². The van der Waals surface area contributed by atoms with Gasteiger partial charge < -0.3 is 23.1 Å². The van der Waals surface area contributed by atoms with Crippen molar-refractivity contribution < 1.29 is 13.3 Å². The van der Waals surface area contributed by atoms with Gasteiger partial charge in [-0.05, 0) is 109 Å². The minimum atomic E-state index is -2.94. The molecule has 0 saturated heterocycles. The van der Waals surface area contributed by atoms with Crippen LogP contribution in [-0.4, -0.2) is 30.1 Å². The van der Waals surface area contributed by atoms with Gasteiger partial charge in [-0.3, -0.25) is 0 Å². The minimum Gasteiger partial charge on any atom is -0.373 e. The predicted molar refractivity (Wildman–Crippen MR) is 197 cm³/mol. The Morgan fingerprint density at radius 2 is 0.745 bits per heavy atom. The summed E-state index contributed by atoms with van der Waals surface area (Å²) in [6.07, 6.45) is 0. The average Bonchev–Trinajstić information content (AvgIpc) is 3.13. The summed E-state index contributed by atoms with van der Waals surface area (Å²) >= 11 is 0. The molecule has 0 aliphatic heterocycles. The predicted octanol–water partition coefficient (Wildman–Crippen LogP) is 10.00. The largest absolute Gasteiger partial charge is 0.536 e. The second-order valence-corrected chi connectivity index (χ2v) is 14.3. The second kappa shape index (κ2) is 14.2. The van der Waals surface area contributed by atoms with E-state index in [0.717, 1.165) is 39.3 Å². The highest BCUT2D eigenvalue weighted by atomic mass is 28.4. The molecule has 236 valence electrons. The normalized spacial score (nSPS) is 11.3. The molecule has 0 unspecified atom stereocenters. The molecule has 6 aromatic rings. The third-order valence-electron chi connectivity index (χ3n) is 8.54. The van der Waals surface area contributed by atoms with E-state index in [-0.39, 0.29) is 0 Å². The van der Waals surface area contributed by atoms with Crippen LogP contribution < -0.4 is 15.0 Å². The maximum atomic E-state index is 5.72. The van der Waals surface area contributed by atoms with Crippen molar-refractivity contribution in [3.05, 3.63) is 163 Å². The van der Waals surface area contributed by atoms with Crippen LogP contribution >= 0.6 is 0 Å². The van der Waals surface area contributed by atoms with E-state index in [1.54, 1.807) is 21.3 Å². The van der Waals surface area contributed by atoms with Gasteiger partial charge in [0.2, 0.25) is 0 Å². The number of hydrogen-bond acceptors (Lipinski definition) is 5. The molecule has 0 aliphatic carbocycles. The summed E-state index contributed by atoms with van der Waals surface area (Å²) in [5.41, 5.74) is 11.3. The number of para-hydroxylation sites is 3. The molecule has 6 heteroatoms. The fourth-order valence-corrected chi connectivity index (χ4v) is 7.96. The molecule has 6 aromatic carbocycles. The van der Waals surface area contributed by atoms with Gasteiger partial charge in [0.05, 0.1) is 0 Å². The lowest BCUT2D eigenvalue weighted by Crippen LogP contribution is -2.54. The molecular formula is C41H40N2O3Si. The van der Waals surface area contributed by atoms with Crippen molar-refractivity contribution in [3.8, 4) is 11.1 Å². The monoisotopic (exact) mass is 636 g/mol. The van der Waals surface area contributed by atoms with Gasteiger partial charge in [-0.1, -0.05) is 78.9 Å². The first kappa shape index (κ1) is 32.0. The van der Waals surface area contributed by atoms with Crippen molar-refractivity contribution in [2.45, 2.75) is 13.8 Å². The number of benzene rings is 6. The summed E-state index contributed by atoms with van der Waals surface area (Å²) in [6, 6.07) is 53.2. The molecule has 0 N–H and O–H groups in total. The number of rotatable bonds is 11. The average molecular weight is 637 g/mol. The molecule has 5 nitrogen and oxygen atoms in total. The molecule has 0 aliphatic rings. The lowest BCUT2D eigenvalue weighted by atomic mass is 9.98. The van der Waals surface area contributed by atoms with Crippen molar-refractivity contribution >= 4 is 48.1 Å². The Morgan fingerprint density at radius 1 is 0.404 bits per heavy atom. The van der Waals surface area contributed by atoms with Crippen LogP contribution in [0.1, 0.15) is 11.1 Å². The van der Waals surface area contributed by atoms with Crippen LogP contribution in [0.2, 0.25) is 0 Å². The number of hydrogen-bond donors (Lipinski definition) is 0. The molecule has 0 amide bonds. The van der Waals surface area contributed by atoms with Gasteiger partial charge in [0.15, 0.2) is 0 Å². The zero-order chi connectivity index (χ0) is 32.8. The highest BCUT2D eigenvalue weighted by Gasteiger charge is 2.40. The summed E-state index contributed by atoms with van der Waals surface area (Å²) in [5, 5.41) is 0.908. The molecule has 0 fully saturated rings. The maximum absolute atomic E-state index is 5.72. The highest BCUT2D eigenvalue weighted by Crippen LogP contribution is 2.40. The highest BCUT2D eigenvalue weighted by molar-refractivity contribution is 6.75. The Kier molecular flexibility index (Phi) is 9.66. The van der Waals surface area contributed by atoms with E-state index in [4.69, 9.17) is 13.3 Å². The summed E-state index contributed by atoms with van der Waals surface area (Å²) in [5.74, 6) is 0. The van der Waals surface area contributed by atoms with E-state index in [0.29, 0.717) is 0 Å². The van der Waals surface area contributed by atoms with E-state index >= 15 is 0 Å². The third kappa shape index (κ3) is 6.50. The lowest BCUT2D eigenvalue weighted by Gasteiger charge is -2.29. The van der Waals surface area contributed by atoms with Crippen molar-refractivity contribution in [3.63, 3.8) is 0 Å². The van der Waals surface area contributed by atoms with Crippen molar-refractivity contribution in [2.75, 3.05) is 31.1 Å². The smallest absolute Gasteiger partial charge is 0.373 e. The van der Waals surface area contributed by atoms with Crippen LogP contribution in [0.4, 0.5) is 34.1 Å². The van der Waals surface area contributed by atoms with E-state index < -0.39 is 8.80 Å². The zero-order valence-electron chi connectivity index (χ0n) is 27.6. The maximum Gasteiger partial charge on any atom is 0.536 e. The SMILES string of the molecule is CO[Si](OC)(OC)c1ccc(N(c2ccccc2)c2ccc(-c3ccc(N(c4ccccc4)c4ccccc4)c(C)c3)cc2C)cc1. The Balaban J connectivity index is 1.36. The molecule has 0 spiro atoms. The molecule has 0 radical (unpaired) electrons. The summed E-state index contributed by atoms with van der Waals surface area (Å²) in [6.45, 7) is 4.36. The quantitative estimate of drug-likeness (QED) is 0.132. The third-order valence-corrected chi connectivity index (χ3v) is 11.2. The molecule has 0 saturated carbocycles. The first-order valence-corrected chi connectivity index (χ1v) is 17.4. The van der Waals surface area contributed by atoms with E-state index in [9.17, 15) is 0 Å². The van der Waals surface area contributed by atoms with E-state index in [1.165, 1.54) is 22.3 Å². The lowest BCUT2D eigenvalue weighted by molar-refractivity contribution is 0.140. The second-order valence-electron chi connectivity index (χ2n) is 11.4. The van der Waals surface area contributed by atoms with Crippen LogP contribution in [0.15, 0.2) is 152 Å². The Labute approximate surface area is 279 Å². The Bertz CT molecular complexity index is 1870. The van der Waals surface area contributed by atoms with Crippen LogP contribution in [0.3, 0.4) is 0 Å². The first-order valence-electron chi connectivity index (χ1n) is 15.7. The fraction of sp³-hybridized carbons (Fsp3) is 0.122. The van der Waals surface area contributed by atoms with Crippen molar-refractivity contribution in [2.24, 2.45) is 0 Å². The number of nitrogens with zero attached hydrogens (tertiary/aromatic N) is 2. The minimum absolute atomic E-state index is 0.908. The fourth-order valence-electron chi connectivity index (χ4n) is 6.18. The number of anilines is 6. The van der Waals surface area contributed by atoms with Gasteiger partial charge in [-0.25, -0.2) is 0 Å². The topological polar surface area (TPSA) is 34.2 Å². The molecule has 47 heavy (non-hydrogen) atoms. The van der Waals surface area contributed by atoms with Gasteiger partial charge >= 0.3 is 8.80 Å². The number of aryl methyl sites for hydroxylation is 2. The van der Waals surface area contributed by atoms with E-state index in [2.05, 4.69) is 157 Å². The van der Waals surface area contributed by atoms with Gasteiger partial charge in [0.25, 0.3) is 0 Å². The van der Waals surface area contributed by atoms with Crippen LogP contribution in [0.5, 0.6) is 0 Å². The van der Waals surface area contributed by atoms with Crippen LogP contribution in [0, 0.1) is 13.8 Å². The van der Waals surface area contributed by atoms with Gasteiger partial charge in [0.1, 0.15) is 0 Å². The Hall–Kier alpha value is -4.98. The van der Waals surface area contributed by atoms with Crippen molar-refractivity contribution in [1.82, 2.24) is 0 Å². The molecule has 0 aromatic heterocycles. The van der Waals surface area contributed by atoms with Gasteiger partial charge in [-0.2, -0.15) is 0 Å². The van der Waals surface area contributed by atoms with Gasteiger partial charge in [0, 0.05) is 60.6 Å². The zero-order valence-corrected chi connectivity index (χ0v) is 28.6. The Morgan fingerprint density at radius 3 is 1.06 bits per heavy atom. The summed E-state index contributed by atoms with van der Waals surface area (Å²) in [7, 11) is 1.95. The van der Waals surface area contributed by atoms with Crippen molar-refractivity contribution in [1.29, 1.82) is 0 Å². The van der Waals surface area contributed by atoms with Crippen LogP contribution in [-0.2, 0) is 13.3 Å². The summed E-state index contributed by atoms with van der Waals surface area (Å²) < 4.78 is 17.2. The summed E-state index contributed by atoms with van der Waals surface area (Å²) in [4.78, 5) is 4.60. The first-order chi connectivity index (χ1) is 23.0. The molecule has 0 bridgehead atoms. The standard InChI is InChI=1S/C41H40N2O3Si/c1-31-29-33(21-27-40(31)42(35-15-9-6-10-16-35)36-17-11-7-12-18-36)34-22-28-41(32(2)30-34)43(37-19-13-8-14-20-37)38-23-25-39(26-24-38)47(44-3,45-4)46-5/h6-30H,1-5H3. The van der Waals surface area contributed by atoms with E-state index in [1.807, 2.05) is 18.2 Å². The molecular weight excluding hydrogens is 597 g/mol. The molecule has 6 rings (SSSR count). The molecule has 0 atom stereocenters. The van der Waals surface area contributed by atoms with Gasteiger partial charge in [-0.15, -0.1) is 0 Å².